The van der Waals surface area contributed by atoms with Crippen molar-refractivity contribution >= 4 is 33.2 Å². The van der Waals surface area contributed by atoms with Crippen molar-refractivity contribution in [2.75, 3.05) is 31.0 Å². The van der Waals surface area contributed by atoms with Gasteiger partial charge in [0.2, 0.25) is 0 Å². The number of halogens is 1. The van der Waals surface area contributed by atoms with Crippen molar-refractivity contribution in [1.29, 1.82) is 0 Å². The Morgan fingerprint density at radius 1 is 1.11 bits per heavy atom. The van der Waals surface area contributed by atoms with Crippen LogP contribution in [-0.2, 0) is 19.6 Å². The fraction of sp³-hybridized carbons (Fsp3) is 0.316. The minimum absolute atomic E-state index is 0.0851. The third-order valence-electron chi connectivity index (χ3n) is 4.21. The average molecular weight is 425 g/mol. The smallest absolute Gasteiger partial charge is 0.263 e. The molecule has 0 unspecified atom stereocenters. The van der Waals surface area contributed by atoms with E-state index < -0.39 is 16.1 Å². The number of hydrogen-bond donors (Lipinski definition) is 1. The second-order valence-corrected chi connectivity index (χ2v) is 8.40. The molecule has 1 saturated heterocycles. The Hall–Kier alpha value is -2.29. The molecule has 0 bridgehead atoms. The van der Waals surface area contributed by atoms with E-state index in [0.717, 1.165) is 0 Å². The largest absolute Gasteiger partial charge is 0.481 e. The number of carbonyl (C=O) groups is 1. The molecule has 1 fully saturated rings. The summed E-state index contributed by atoms with van der Waals surface area (Å²) in [4.78, 5) is 14.2. The number of amides is 1. The Bertz CT molecular complexity index is 910. The molecule has 0 aromatic heterocycles. The number of morpholine rings is 1. The van der Waals surface area contributed by atoms with Gasteiger partial charge in [-0.05, 0) is 55.5 Å². The van der Waals surface area contributed by atoms with Gasteiger partial charge in [0.05, 0.1) is 18.1 Å². The van der Waals surface area contributed by atoms with Crippen LogP contribution in [0.5, 0.6) is 5.75 Å². The topological polar surface area (TPSA) is 84.9 Å². The minimum atomic E-state index is -3.74. The van der Waals surface area contributed by atoms with Crippen molar-refractivity contribution in [2.45, 2.75) is 17.9 Å². The SMILES string of the molecule is C[C@H](Oc1ccc(S(=O)(=O)Nc2ccc(Cl)cc2)cc1)C(=O)N1CCOCC1. The van der Waals surface area contributed by atoms with E-state index in [1.54, 1.807) is 36.1 Å². The highest BCUT2D eigenvalue weighted by Gasteiger charge is 2.24. The van der Waals surface area contributed by atoms with E-state index in [-0.39, 0.29) is 10.8 Å². The Morgan fingerprint density at radius 2 is 1.71 bits per heavy atom. The fourth-order valence-electron chi connectivity index (χ4n) is 2.72. The van der Waals surface area contributed by atoms with Crippen molar-refractivity contribution in [3.8, 4) is 5.75 Å². The molecule has 1 aliphatic heterocycles. The van der Waals surface area contributed by atoms with Crippen LogP contribution in [-0.4, -0.2) is 51.6 Å². The fourth-order valence-corrected chi connectivity index (χ4v) is 3.91. The van der Waals surface area contributed by atoms with Crippen molar-refractivity contribution in [3.05, 3.63) is 53.6 Å². The summed E-state index contributed by atoms with van der Waals surface area (Å²) in [5.74, 6) is 0.295. The van der Waals surface area contributed by atoms with Crippen molar-refractivity contribution in [2.24, 2.45) is 0 Å². The van der Waals surface area contributed by atoms with Gasteiger partial charge in [0.15, 0.2) is 6.10 Å². The molecule has 28 heavy (non-hydrogen) atoms. The van der Waals surface area contributed by atoms with Gasteiger partial charge in [0.1, 0.15) is 5.75 Å². The molecule has 2 aromatic carbocycles. The highest BCUT2D eigenvalue weighted by atomic mass is 35.5. The normalized spacial score (nSPS) is 15.7. The van der Waals surface area contributed by atoms with Crippen LogP contribution in [0.3, 0.4) is 0 Å². The van der Waals surface area contributed by atoms with Gasteiger partial charge in [-0.3, -0.25) is 9.52 Å². The Kier molecular flexibility index (Phi) is 6.43. The number of anilines is 1. The summed E-state index contributed by atoms with van der Waals surface area (Å²) in [6.07, 6.45) is -0.673. The van der Waals surface area contributed by atoms with Crippen molar-refractivity contribution in [3.63, 3.8) is 0 Å². The molecular weight excluding hydrogens is 404 g/mol. The summed E-state index contributed by atoms with van der Waals surface area (Å²) >= 11 is 5.81. The summed E-state index contributed by atoms with van der Waals surface area (Å²) < 4.78 is 38.3. The summed E-state index contributed by atoms with van der Waals surface area (Å²) in [5.41, 5.74) is 0.412. The lowest BCUT2D eigenvalue weighted by atomic mass is 10.3. The summed E-state index contributed by atoms with van der Waals surface area (Å²) in [7, 11) is -3.74. The molecule has 1 N–H and O–H groups in total. The molecule has 1 amide bonds. The van der Waals surface area contributed by atoms with E-state index in [2.05, 4.69) is 4.72 Å². The minimum Gasteiger partial charge on any atom is -0.481 e. The summed E-state index contributed by atoms with van der Waals surface area (Å²) in [6.45, 7) is 3.79. The number of rotatable bonds is 6. The summed E-state index contributed by atoms with van der Waals surface area (Å²) in [6, 6.07) is 12.3. The zero-order valence-electron chi connectivity index (χ0n) is 15.3. The zero-order chi connectivity index (χ0) is 20.1. The molecule has 1 heterocycles. The van der Waals surface area contributed by atoms with Gasteiger partial charge in [-0.25, -0.2) is 8.42 Å². The molecule has 0 spiro atoms. The van der Waals surface area contributed by atoms with Gasteiger partial charge < -0.3 is 14.4 Å². The maximum Gasteiger partial charge on any atom is 0.263 e. The second-order valence-electron chi connectivity index (χ2n) is 6.28. The van der Waals surface area contributed by atoms with Crippen LogP contribution in [0.2, 0.25) is 5.02 Å². The second kappa shape index (κ2) is 8.81. The third-order valence-corrected chi connectivity index (χ3v) is 5.86. The maximum absolute atomic E-state index is 12.5. The van der Waals surface area contributed by atoms with E-state index in [9.17, 15) is 13.2 Å². The van der Waals surface area contributed by atoms with Gasteiger partial charge in [-0.2, -0.15) is 0 Å². The predicted molar refractivity (Wildman–Crippen MR) is 106 cm³/mol. The number of nitrogens with one attached hydrogen (secondary N) is 1. The van der Waals surface area contributed by atoms with Crippen molar-refractivity contribution < 1.29 is 22.7 Å². The highest BCUT2D eigenvalue weighted by molar-refractivity contribution is 7.92. The molecule has 3 rings (SSSR count). The Labute approximate surface area is 169 Å². The quantitative estimate of drug-likeness (QED) is 0.770. The first-order chi connectivity index (χ1) is 13.3. The van der Waals surface area contributed by atoms with Gasteiger partial charge in [0, 0.05) is 23.8 Å². The Balaban J connectivity index is 1.63. The van der Waals surface area contributed by atoms with Crippen LogP contribution in [0.25, 0.3) is 0 Å². The van der Waals surface area contributed by atoms with E-state index >= 15 is 0 Å². The van der Waals surface area contributed by atoms with Crippen LogP contribution in [0.1, 0.15) is 6.92 Å². The van der Waals surface area contributed by atoms with Gasteiger partial charge in [0.25, 0.3) is 15.9 Å². The maximum atomic E-state index is 12.5. The average Bonchev–Trinajstić information content (AvgIpc) is 2.70. The monoisotopic (exact) mass is 424 g/mol. The van der Waals surface area contributed by atoms with Gasteiger partial charge in [-0.1, -0.05) is 11.6 Å². The van der Waals surface area contributed by atoms with Crippen LogP contribution in [0.4, 0.5) is 5.69 Å². The van der Waals surface area contributed by atoms with E-state index in [1.165, 1.54) is 24.3 Å². The molecule has 2 aromatic rings. The standard InChI is InChI=1S/C19H21ClN2O5S/c1-14(19(23)22-10-12-26-13-11-22)27-17-6-8-18(9-7-17)28(24,25)21-16-4-2-15(20)3-5-16/h2-9,14,21H,10-13H2,1H3/t14-/m0/s1. The molecule has 1 atom stereocenters. The molecule has 150 valence electrons. The molecule has 0 radical (unpaired) electrons. The van der Waals surface area contributed by atoms with Crippen molar-refractivity contribution in [1.82, 2.24) is 4.90 Å². The lowest BCUT2D eigenvalue weighted by Gasteiger charge is -2.29. The lowest BCUT2D eigenvalue weighted by molar-refractivity contribution is -0.142. The first kappa shape index (κ1) is 20.4. The number of hydrogen-bond acceptors (Lipinski definition) is 5. The first-order valence-electron chi connectivity index (χ1n) is 8.77. The number of nitrogens with zero attached hydrogens (tertiary/aromatic N) is 1. The van der Waals surface area contributed by atoms with E-state index in [0.29, 0.717) is 42.8 Å². The van der Waals surface area contributed by atoms with Gasteiger partial charge >= 0.3 is 0 Å². The molecule has 7 nitrogen and oxygen atoms in total. The van der Waals surface area contributed by atoms with Gasteiger partial charge in [-0.15, -0.1) is 0 Å². The lowest BCUT2D eigenvalue weighted by Crippen LogP contribution is -2.46. The molecule has 0 saturated carbocycles. The molecule has 9 heteroatoms. The molecular formula is C19H21ClN2O5S. The number of sulfonamides is 1. The number of carbonyl (C=O) groups excluding carboxylic acids is 1. The van der Waals surface area contributed by atoms with Crippen LogP contribution >= 0.6 is 11.6 Å². The van der Waals surface area contributed by atoms with Crippen LogP contribution < -0.4 is 9.46 Å². The van der Waals surface area contributed by atoms with E-state index in [1.807, 2.05) is 0 Å². The predicted octanol–water partition coefficient (Wildman–Crippen LogP) is 2.77. The highest BCUT2D eigenvalue weighted by Crippen LogP contribution is 2.21. The number of benzene rings is 2. The van der Waals surface area contributed by atoms with Crippen LogP contribution in [0, 0.1) is 0 Å². The summed E-state index contributed by atoms with van der Waals surface area (Å²) in [5, 5.41) is 0.519. The number of ether oxygens (including phenoxy) is 2. The van der Waals surface area contributed by atoms with E-state index in [4.69, 9.17) is 21.1 Å². The molecule has 0 aliphatic carbocycles. The molecule has 1 aliphatic rings. The third kappa shape index (κ3) is 5.15. The van der Waals surface area contributed by atoms with Crippen LogP contribution in [0.15, 0.2) is 53.4 Å². The first-order valence-corrected chi connectivity index (χ1v) is 10.6. The Morgan fingerprint density at radius 3 is 2.32 bits per heavy atom. The zero-order valence-corrected chi connectivity index (χ0v) is 16.9.